The summed E-state index contributed by atoms with van der Waals surface area (Å²) in [6, 6.07) is 14.1. The van der Waals surface area contributed by atoms with Crippen LogP contribution in [0.5, 0.6) is 5.75 Å². The molecule has 0 aliphatic heterocycles. The van der Waals surface area contributed by atoms with Crippen molar-refractivity contribution in [3.63, 3.8) is 0 Å². The summed E-state index contributed by atoms with van der Waals surface area (Å²) in [6.07, 6.45) is 1.49. The molecule has 8 heteroatoms. The van der Waals surface area contributed by atoms with Gasteiger partial charge in [-0.25, -0.2) is 4.79 Å². The molecule has 0 saturated heterocycles. The first-order chi connectivity index (χ1) is 13.4. The minimum atomic E-state index is -0.502. The van der Waals surface area contributed by atoms with Crippen LogP contribution in [0.4, 0.5) is 5.69 Å². The van der Waals surface area contributed by atoms with Crippen molar-refractivity contribution >= 4 is 62.2 Å². The van der Waals surface area contributed by atoms with Gasteiger partial charge in [-0.2, -0.15) is 5.26 Å². The van der Waals surface area contributed by atoms with Crippen LogP contribution in [0.15, 0.2) is 52.5 Å². The fourth-order valence-corrected chi connectivity index (χ4v) is 3.24. The number of carbonyl (C=O) groups is 2. The van der Waals surface area contributed by atoms with E-state index in [1.807, 2.05) is 12.1 Å². The lowest BCUT2D eigenvalue weighted by atomic mass is 10.1. The predicted molar refractivity (Wildman–Crippen MR) is 118 cm³/mol. The Labute approximate surface area is 184 Å². The van der Waals surface area contributed by atoms with E-state index in [2.05, 4.69) is 43.8 Å². The van der Waals surface area contributed by atoms with E-state index in [4.69, 9.17) is 9.47 Å². The van der Waals surface area contributed by atoms with Gasteiger partial charge in [0, 0.05) is 10.2 Å². The third-order valence-electron chi connectivity index (χ3n) is 3.37. The van der Waals surface area contributed by atoms with Gasteiger partial charge in [0.05, 0.1) is 10.2 Å². The van der Waals surface area contributed by atoms with Crippen molar-refractivity contribution in [3.05, 3.63) is 61.6 Å². The second-order valence-electron chi connectivity index (χ2n) is 5.42. The number of nitrogens with one attached hydrogen (secondary N) is 1. The Morgan fingerprint density at radius 2 is 2.07 bits per heavy atom. The average Bonchev–Trinajstić information content (AvgIpc) is 2.65. The molecule has 6 nitrogen and oxygen atoms in total. The topological polar surface area (TPSA) is 88.4 Å². The van der Waals surface area contributed by atoms with Crippen LogP contribution in [-0.2, 0) is 14.3 Å². The van der Waals surface area contributed by atoms with Crippen LogP contribution in [0.3, 0.4) is 0 Å². The molecule has 144 valence electrons. The molecule has 0 radical (unpaired) electrons. The third kappa shape index (κ3) is 6.65. The van der Waals surface area contributed by atoms with Crippen molar-refractivity contribution in [3.8, 4) is 11.8 Å². The molecule has 1 N–H and O–H groups in total. The molecule has 0 bridgehead atoms. The second-order valence-corrected chi connectivity index (χ2v) is 7.50. The number of ether oxygens (including phenoxy) is 2. The predicted octanol–water partition coefficient (Wildman–Crippen LogP) is 4.54. The lowest BCUT2D eigenvalue weighted by Crippen LogP contribution is -2.15. The Kier molecular flexibility index (Phi) is 8.47. The molecule has 0 aromatic heterocycles. The van der Waals surface area contributed by atoms with Crippen LogP contribution in [0, 0.1) is 14.9 Å². The first kappa shape index (κ1) is 21.9. The molecule has 0 aliphatic rings. The summed E-state index contributed by atoms with van der Waals surface area (Å²) in [6.45, 7) is 1.84. The molecule has 2 rings (SSSR count). The van der Waals surface area contributed by atoms with Gasteiger partial charge in [-0.1, -0.05) is 28.1 Å². The molecule has 0 heterocycles. The zero-order chi connectivity index (χ0) is 20.5. The summed E-state index contributed by atoms with van der Waals surface area (Å²) >= 11 is 5.39. The summed E-state index contributed by atoms with van der Waals surface area (Å²) in [5.41, 5.74) is 1.21. The first-order valence-corrected chi connectivity index (χ1v) is 10.1. The number of hydrogen-bond donors (Lipinski definition) is 1. The van der Waals surface area contributed by atoms with E-state index in [0.717, 1.165) is 8.04 Å². The molecule has 0 atom stereocenters. The van der Waals surface area contributed by atoms with Gasteiger partial charge in [-0.3, -0.25) is 4.79 Å². The number of nitrogens with zero attached hydrogens (tertiary/aromatic N) is 1. The number of benzene rings is 2. The minimum absolute atomic E-state index is 0.0315. The highest BCUT2D eigenvalue weighted by atomic mass is 127. The van der Waals surface area contributed by atoms with Crippen molar-refractivity contribution in [2.45, 2.75) is 6.92 Å². The van der Waals surface area contributed by atoms with Gasteiger partial charge < -0.3 is 14.8 Å². The van der Waals surface area contributed by atoms with Crippen molar-refractivity contribution in [2.75, 3.05) is 18.5 Å². The Hall–Kier alpha value is -2.38. The summed E-state index contributed by atoms with van der Waals surface area (Å²) in [7, 11) is 0. The maximum atomic E-state index is 12.4. The van der Waals surface area contributed by atoms with Gasteiger partial charge in [0.25, 0.3) is 5.91 Å². The number of hydrogen-bond acceptors (Lipinski definition) is 5. The molecule has 2 aromatic carbocycles. The molecule has 0 unspecified atom stereocenters. The first-order valence-electron chi connectivity index (χ1n) is 8.19. The fourth-order valence-electron chi connectivity index (χ4n) is 2.14. The fraction of sp³-hybridized carbons (Fsp3) is 0.150. The highest BCUT2D eigenvalue weighted by molar-refractivity contribution is 14.1. The van der Waals surface area contributed by atoms with Crippen LogP contribution < -0.4 is 10.1 Å². The van der Waals surface area contributed by atoms with Crippen molar-refractivity contribution in [1.82, 2.24) is 0 Å². The number of nitriles is 1. The second kappa shape index (κ2) is 10.8. The lowest BCUT2D eigenvalue weighted by molar-refractivity contribution is -0.145. The smallest absolute Gasteiger partial charge is 0.344 e. The Morgan fingerprint density at radius 3 is 2.71 bits per heavy atom. The van der Waals surface area contributed by atoms with E-state index in [0.29, 0.717) is 23.6 Å². The summed E-state index contributed by atoms with van der Waals surface area (Å²) in [5.74, 6) is -0.431. The molecule has 0 fully saturated rings. The van der Waals surface area contributed by atoms with Gasteiger partial charge >= 0.3 is 5.97 Å². The van der Waals surface area contributed by atoms with Gasteiger partial charge in [0.2, 0.25) is 0 Å². The van der Waals surface area contributed by atoms with E-state index in [1.54, 1.807) is 43.3 Å². The van der Waals surface area contributed by atoms with E-state index in [1.165, 1.54) is 6.08 Å². The standard InChI is InChI=1S/C20H16BrIN2O4/c1-2-27-19(25)12-28-18-7-6-13(9-17(18)22)8-14(11-23)20(26)24-16-5-3-4-15(21)10-16/h3-10H,2,12H2,1H3,(H,24,26)/b14-8-. The normalized spacial score (nSPS) is 10.7. The number of halogens is 2. The largest absolute Gasteiger partial charge is 0.481 e. The van der Waals surface area contributed by atoms with E-state index >= 15 is 0 Å². The summed E-state index contributed by atoms with van der Waals surface area (Å²) < 4.78 is 11.8. The summed E-state index contributed by atoms with van der Waals surface area (Å²) in [5, 5.41) is 12.0. The molecular formula is C20H16BrIN2O4. The van der Waals surface area contributed by atoms with Crippen LogP contribution in [0.25, 0.3) is 6.08 Å². The van der Waals surface area contributed by atoms with Crippen molar-refractivity contribution in [2.24, 2.45) is 0 Å². The monoisotopic (exact) mass is 554 g/mol. The quantitative estimate of drug-likeness (QED) is 0.235. The molecule has 28 heavy (non-hydrogen) atoms. The van der Waals surface area contributed by atoms with E-state index in [9.17, 15) is 14.9 Å². The lowest BCUT2D eigenvalue weighted by Gasteiger charge is -2.09. The SMILES string of the molecule is CCOC(=O)COc1ccc(/C=C(/C#N)C(=O)Nc2cccc(Br)c2)cc1I. The summed E-state index contributed by atoms with van der Waals surface area (Å²) in [4.78, 5) is 23.7. The maximum Gasteiger partial charge on any atom is 0.344 e. The zero-order valence-corrected chi connectivity index (χ0v) is 18.6. The number of amides is 1. The molecule has 0 saturated carbocycles. The van der Waals surface area contributed by atoms with Gasteiger partial charge in [0.15, 0.2) is 6.61 Å². The van der Waals surface area contributed by atoms with Crippen LogP contribution in [0.1, 0.15) is 12.5 Å². The van der Waals surface area contributed by atoms with Gasteiger partial charge in [-0.15, -0.1) is 0 Å². The molecule has 2 aromatic rings. The van der Waals surface area contributed by atoms with E-state index < -0.39 is 11.9 Å². The molecule has 0 spiro atoms. The van der Waals surface area contributed by atoms with Crippen molar-refractivity contribution < 1.29 is 19.1 Å². The van der Waals surface area contributed by atoms with E-state index in [-0.39, 0.29) is 12.2 Å². The molecule has 1 amide bonds. The average molecular weight is 555 g/mol. The van der Waals surface area contributed by atoms with Crippen LogP contribution >= 0.6 is 38.5 Å². The minimum Gasteiger partial charge on any atom is -0.481 e. The highest BCUT2D eigenvalue weighted by Crippen LogP contribution is 2.24. The molecular weight excluding hydrogens is 539 g/mol. The van der Waals surface area contributed by atoms with Crippen LogP contribution in [-0.4, -0.2) is 25.1 Å². The molecule has 0 aliphatic carbocycles. The Bertz CT molecular complexity index is 953. The highest BCUT2D eigenvalue weighted by Gasteiger charge is 2.11. The number of rotatable bonds is 7. The zero-order valence-electron chi connectivity index (χ0n) is 14.9. The van der Waals surface area contributed by atoms with Crippen LogP contribution in [0.2, 0.25) is 0 Å². The number of anilines is 1. The maximum absolute atomic E-state index is 12.4. The Balaban J connectivity index is 2.11. The van der Waals surface area contributed by atoms with Crippen molar-refractivity contribution in [1.29, 1.82) is 5.26 Å². The third-order valence-corrected chi connectivity index (χ3v) is 4.70. The number of esters is 1. The Morgan fingerprint density at radius 1 is 1.29 bits per heavy atom. The van der Waals surface area contributed by atoms with Gasteiger partial charge in [0.1, 0.15) is 17.4 Å². The number of carbonyl (C=O) groups excluding carboxylic acids is 2. The van der Waals surface area contributed by atoms with Gasteiger partial charge in [-0.05, 0) is 71.5 Å².